The van der Waals surface area contributed by atoms with Crippen molar-refractivity contribution in [2.45, 2.75) is 64.2 Å². The quantitative estimate of drug-likeness (QED) is 0.300. The Hall–Kier alpha value is -3.51. The fourth-order valence-corrected chi connectivity index (χ4v) is 6.52. The van der Waals surface area contributed by atoms with Gasteiger partial charge in [0.15, 0.2) is 11.5 Å². The Labute approximate surface area is 233 Å². The van der Waals surface area contributed by atoms with Gasteiger partial charge >= 0.3 is 0 Å². The summed E-state index contributed by atoms with van der Waals surface area (Å²) in [4.78, 5) is 20.0. The molecular weight excluding hydrogens is 486 g/mol. The highest BCUT2D eigenvalue weighted by Crippen LogP contribution is 2.42. The summed E-state index contributed by atoms with van der Waals surface area (Å²) in [6.07, 6.45) is 4.68. The molecule has 1 amide bonds. The van der Waals surface area contributed by atoms with Crippen LogP contribution in [0.25, 0.3) is 0 Å². The average Bonchev–Trinajstić information content (AvgIpc) is 3.20. The first-order valence-corrected chi connectivity index (χ1v) is 14.3. The maximum atomic E-state index is 12.9. The zero-order valence-electron chi connectivity index (χ0n) is 23.7. The van der Waals surface area contributed by atoms with Crippen molar-refractivity contribution >= 4 is 17.3 Å². The van der Waals surface area contributed by atoms with Gasteiger partial charge in [-0.3, -0.25) is 9.69 Å². The lowest BCUT2D eigenvalue weighted by Crippen LogP contribution is -2.49. The molecule has 2 atom stereocenters. The lowest BCUT2D eigenvalue weighted by atomic mass is 9.94. The van der Waals surface area contributed by atoms with E-state index in [0.717, 1.165) is 55.2 Å². The molecule has 2 bridgehead atoms. The zero-order valence-corrected chi connectivity index (χ0v) is 23.7. The number of ether oxygens (including phenoxy) is 2. The van der Waals surface area contributed by atoms with Gasteiger partial charge in [0.05, 0.1) is 14.2 Å². The third-order valence-corrected chi connectivity index (χ3v) is 8.52. The van der Waals surface area contributed by atoms with E-state index in [1.165, 1.54) is 24.1 Å². The van der Waals surface area contributed by atoms with Crippen LogP contribution in [0.15, 0.2) is 72.8 Å². The van der Waals surface area contributed by atoms with Crippen molar-refractivity contribution in [1.82, 2.24) is 9.80 Å². The lowest BCUT2D eigenvalue weighted by Gasteiger charge is -2.44. The molecule has 2 aliphatic rings. The van der Waals surface area contributed by atoms with E-state index in [4.69, 9.17) is 9.47 Å². The standard InChI is InChI=1S/C33H41N3O3/c1-5-34(6-2)33(37)25-13-15-27(16-14-25)36(26-10-8-7-9-11-26)30-21-28-17-18-29(22-30)35(28)23-24-12-19-31(38-3)32(20-24)39-4/h7-16,19-20,28-30H,5-6,17-18,21-23H2,1-4H3. The largest absolute Gasteiger partial charge is 0.493 e. The minimum atomic E-state index is 0.0966. The Morgan fingerprint density at radius 2 is 1.44 bits per heavy atom. The van der Waals surface area contributed by atoms with E-state index in [-0.39, 0.29) is 5.91 Å². The van der Waals surface area contributed by atoms with Gasteiger partial charge in [0.2, 0.25) is 0 Å². The van der Waals surface area contributed by atoms with Crippen molar-refractivity contribution in [1.29, 1.82) is 0 Å². The lowest BCUT2D eigenvalue weighted by molar-refractivity contribution is 0.0773. The van der Waals surface area contributed by atoms with E-state index in [0.29, 0.717) is 18.1 Å². The number of hydrogen-bond acceptors (Lipinski definition) is 5. The summed E-state index contributed by atoms with van der Waals surface area (Å²) < 4.78 is 11.0. The normalized spacial score (nSPS) is 20.5. The van der Waals surface area contributed by atoms with Crippen LogP contribution >= 0.6 is 0 Å². The van der Waals surface area contributed by atoms with Crippen LogP contribution in [0.2, 0.25) is 0 Å². The number of para-hydroxylation sites is 1. The number of rotatable bonds is 10. The number of nitrogens with zero attached hydrogens (tertiary/aromatic N) is 3. The van der Waals surface area contributed by atoms with Crippen LogP contribution in [0, 0.1) is 0 Å². The molecule has 39 heavy (non-hydrogen) atoms. The molecule has 2 saturated heterocycles. The molecule has 3 aromatic rings. The molecular formula is C33H41N3O3. The van der Waals surface area contributed by atoms with Gasteiger partial charge in [-0.25, -0.2) is 0 Å². The van der Waals surface area contributed by atoms with Gasteiger partial charge in [0.1, 0.15) is 0 Å². The molecule has 0 aliphatic carbocycles. The molecule has 2 heterocycles. The number of anilines is 2. The topological polar surface area (TPSA) is 45.3 Å². The first-order chi connectivity index (χ1) is 19.1. The molecule has 0 radical (unpaired) electrons. The van der Waals surface area contributed by atoms with Crippen LogP contribution in [0.4, 0.5) is 11.4 Å². The Balaban J connectivity index is 1.37. The van der Waals surface area contributed by atoms with E-state index >= 15 is 0 Å². The van der Waals surface area contributed by atoms with E-state index in [2.05, 4.69) is 64.4 Å². The maximum Gasteiger partial charge on any atom is 0.253 e. The smallest absolute Gasteiger partial charge is 0.253 e. The fraction of sp³-hybridized carbons (Fsp3) is 0.424. The second-order valence-corrected chi connectivity index (χ2v) is 10.6. The van der Waals surface area contributed by atoms with Gasteiger partial charge in [-0.05, 0) is 93.6 Å². The number of methoxy groups -OCH3 is 2. The van der Waals surface area contributed by atoms with Crippen molar-refractivity contribution in [3.8, 4) is 11.5 Å². The highest BCUT2D eigenvalue weighted by molar-refractivity contribution is 5.94. The molecule has 0 aromatic heterocycles. The first kappa shape index (κ1) is 27.1. The van der Waals surface area contributed by atoms with E-state index in [1.807, 2.05) is 36.9 Å². The van der Waals surface area contributed by atoms with Gasteiger partial charge in [-0.1, -0.05) is 24.3 Å². The number of amides is 1. The number of carbonyl (C=O) groups excluding carboxylic acids is 1. The molecule has 0 saturated carbocycles. The minimum Gasteiger partial charge on any atom is -0.493 e. The van der Waals surface area contributed by atoms with Crippen molar-refractivity contribution in [2.75, 3.05) is 32.2 Å². The number of benzene rings is 3. The van der Waals surface area contributed by atoms with Crippen LogP contribution in [0.1, 0.15) is 55.5 Å². The number of fused-ring (bicyclic) bond motifs is 2. The molecule has 3 aromatic carbocycles. The van der Waals surface area contributed by atoms with Crippen LogP contribution < -0.4 is 14.4 Å². The van der Waals surface area contributed by atoms with Crippen molar-refractivity contribution in [2.24, 2.45) is 0 Å². The second-order valence-electron chi connectivity index (χ2n) is 10.6. The average molecular weight is 528 g/mol. The van der Waals surface area contributed by atoms with Gasteiger partial charge in [0.25, 0.3) is 5.91 Å². The molecule has 5 rings (SSSR count). The Bertz CT molecular complexity index is 1230. The SMILES string of the molecule is CCN(CC)C(=O)c1ccc(N(c2ccccc2)C2CC3CCC(C2)N3Cc2ccc(OC)c(OC)c2)cc1. The summed E-state index contributed by atoms with van der Waals surface area (Å²) in [6, 6.07) is 26.7. The molecule has 2 unspecified atom stereocenters. The predicted octanol–water partition coefficient (Wildman–Crippen LogP) is 6.52. The second kappa shape index (κ2) is 12.1. The summed E-state index contributed by atoms with van der Waals surface area (Å²) in [5.41, 5.74) is 4.37. The fourth-order valence-electron chi connectivity index (χ4n) is 6.52. The highest BCUT2D eigenvalue weighted by Gasteiger charge is 2.42. The van der Waals surface area contributed by atoms with Gasteiger partial charge in [-0.2, -0.15) is 0 Å². The third-order valence-electron chi connectivity index (χ3n) is 8.52. The Morgan fingerprint density at radius 3 is 2.03 bits per heavy atom. The molecule has 0 N–H and O–H groups in total. The van der Waals surface area contributed by atoms with Gasteiger partial charge in [-0.15, -0.1) is 0 Å². The van der Waals surface area contributed by atoms with E-state index in [9.17, 15) is 4.79 Å². The maximum absolute atomic E-state index is 12.9. The van der Waals surface area contributed by atoms with Crippen LogP contribution in [-0.4, -0.2) is 61.1 Å². The van der Waals surface area contributed by atoms with Gasteiger partial charge in [0, 0.05) is 54.7 Å². The van der Waals surface area contributed by atoms with Crippen molar-refractivity contribution < 1.29 is 14.3 Å². The summed E-state index contributed by atoms with van der Waals surface area (Å²) >= 11 is 0. The number of hydrogen-bond donors (Lipinski definition) is 0. The molecule has 2 fully saturated rings. The molecule has 2 aliphatic heterocycles. The van der Waals surface area contributed by atoms with E-state index in [1.54, 1.807) is 14.2 Å². The molecule has 206 valence electrons. The monoisotopic (exact) mass is 527 g/mol. The predicted molar refractivity (Wildman–Crippen MR) is 157 cm³/mol. The number of carbonyl (C=O) groups is 1. The third kappa shape index (κ3) is 5.62. The first-order valence-electron chi connectivity index (χ1n) is 14.3. The Kier molecular flexibility index (Phi) is 8.41. The van der Waals surface area contributed by atoms with Crippen LogP contribution in [-0.2, 0) is 6.54 Å². The van der Waals surface area contributed by atoms with Gasteiger partial charge < -0.3 is 19.3 Å². The minimum absolute atomic E-state index is 0.0966. The summed E-state index contributed by atoms with van der Waals surface area (Å²) in [5.74, 6) is 1.65. The molecule has 6 nitrogen and oxygen atoms in total. The van der Waals surface area contributed by atoms with Crippen LogP contribution in [0.5, 0.6) is 11.5 Å². The van der Waals surface area contributed by atoms with Crippen molar-refractivity contribution in [3.63, 3.8) is 0 Å². The number of piperidine rings is 1. The zero-order chi connectivity index (χ0) is 27.4. The van der Waals surface area contributed by atoms with Crippen molar-refractivity contribution in [3.05, 3.63) is 83.9 Å². The van der Waals surface area contributed by atoms with Crippen LogP contribution in [0.3, 0.4) is 0 Å². The molecule has 0 spiro atoms. The Morgan fingerprint density at radius 1 is 0.821 bits per heavy atom. The summed E-state index contributed by atoms with van der Waals surface area (Å²) in [5, 5.41) is 0. The molecule has 6 heteroatoms. The van der Waals surface area contributed by atoms with E-state index < -0.39 is 0 Å². The summed E-state index contributed by atoms with van der Waals surface area (Å²) in [6.45, 7) is 6.42. The highest BCUT2D eigenvalue weighted by atomic mass is 16.5. The summed E-state index contributed by atoms with van der Waals surface area (Å²) in [7, 11) is 3.37.